The van der Waals surface area contributed by atoms with Gasteiger partial charge in [0, 0.05) is 12.7 Å². The van der Waals surface area contributed by atoms with Gasteiger partial charge in [-0.3, -0.25) is 18.9 Å². The Morgan fingerprint density at radius 1 is 1.22 bits per heavy atom. The van der Waals surface area contributed by atoms with E-state index in [2.05, 4.69) is 11.9 Å². The zero-order chi connectivity index (χ0) is 22.8. The van der Waals surface area contributed by atoms with Gasteiger partial charge >= 0.3 is 0 Å². The first kappa shape index (κ1) is 22.5. The topological polar surface area (TPSA) is 63.9 Å². The molecule has 0 bridgehead atoms. The van der Waals surface area contributed by atoms with Crippen molar-refractivity contribution in [2.75, 3.05) is 6.54 Å². The van der Waals surface area contributed by atoms with Crippen molar-refractivity contribution in [3.05, 3.63) is 74.0 Å². The summed E-state index contributed by atoms with van der Waals surface area (Å²) in [6.07, 6.45) is 4.95. The highest BCUT2D eigenvalue weighted by atomic mass is 35.5. The van der Waals surface area contributed by atoms with E-state index in [1.807, 2.05) is 13.0 Å². The summed E-state index contributed by atoms with van der Waals surface area (Å²) in [4.78, 5) is 32.9. The summed E-state index contributed by atoms with van der Waals surface area (Å²) in [7, 11) is 0. The fraction of sp³-hybridized carbons (Fsp3) is 0.217. The molecular weight excluding hydrogens is 466 g/mol. The Balaban J connectivity index is 1.86. The lowest BCUT2D eigenvalue weighted by molar-refractivity contribution is -0.122. The number of thioether (sulfide) groups is 1. The highest BCUT2D eigenvalue weighted by Crippen LogP contribution is 2.35. The number of amides is 1. The van der Waals surface area contributed by atoms with Gasteiger partial charge in [0.25, 0.3) is 11.5 Å². The number of thiocarbonyl (C=S) groups is 1. The molecule has 0 atom stereocenters. The monoisotopic (exact) mass is 485 g/mol. The molecule has 32 heavy (non-hydrogen) atoms. The molecule has 1 saturated heterocycles. The van der Waals surface area contributed by atoms with Crippen LogP contribution in [-0.4, -0.2) is 31.1 Å². The number of rotatable bonds is 6. The van der Waals surface area contributed by atoms with Crippen LogP contribution < -0.4 is 10.3 Å². The molecule has 1 fully saturated rings. The van der Waals surface area contributed by atoms with Crippen molar-refractivity contribution in [2.45, 2.75) is 26.7 Å². The Morgan fingerprint density at radius 3 is 2.75 bits per heavy atom. The smallest absolute Gasteiger partial charge is 0.269 e. The minimum absolute atomic E-state index is 0.0798. The maximum Gasteiger partial charge on any atom is 0.269 e. The molecule has 0 aliphatic carbocycles. The van der Waals surface area contributed by atoms with Gasteiger partial charge in [0.15, 0.2) is 0 Å². The molecule has 0 unspecified atom stereocenters. The maximum atomic E-state index is 13.4. The molecule has 9 heteroatoms. The molecule has 3 aromatic rings. The lowest BCUT2D eigenvalue weighted by atomic mass is 10.2. The van der Waals surface area contributed by atoms with Crippen LogP contribution >= 0.6 is 35.6 Å². The van der Waals surface area contributed by atoms with Gasteiger partial charge < -0.3 is 4.74 Å². The predicted octanol–water partition coefficient (Wildman–Crippen LogP) is 5.45. The van der Waals surface area contributed by atoms with Gasteiger partial charge in [-0.05, 0) is 43.2 Å². The summed E-state index contributed by atoms with van der Waals surface area (Å²) in [6, 6.07) is 10.6. The van der Waals surface area contributed by atoms with Crippen LogP contribution in [0.2, 0.25) is 5.02 Å². The van der Waals surface area contributed by atoms with Crippen LogP contribution in [0.25, 0.3) is 11.7 Å². The van der Waals surface area contributed by atoms with Gasteiger partial charge in [-0.15, -0.1) is 0 Å². The van der Waals surface area contributed by atoms with Crippen LogP contribution in [0, 0.1) is 6.92 Å². The van der Waals surface area contributed by atoms with E-state index in [1.165, 1.54) is 22.2 Å². The molecule has 1 aliphatic heterocycles. The third-order valence-corrected chi connectivity index (χ3v) is 6.67. The molecule has 1 aromatic carbocycles. The Hall–Kier alpha value is -2.68. The molecule has 0 saturated carbocycles. The largest absolute Gasteiger partial charge is 0.437 e. The number of benzene rings is 1. The molecule has 4 rings (SSSR count). The Labute approximate surface area is 199 Å². The molecule has 0 spiro atoms. The zero-order valence-electron chi connectivity index (χ0n) is 17.5. The summed E-state index contributed by atoms with van der Waals surface area (Å²) in [5, 5.41) is 0.385. The second-order valence-corrected chi connectivity index (χ2v) is 9.32. The number of ether oxygens (including phenoxy) is 1. The number of hydrogen-bond acceptors (Lipinski definition) is 6. The van der Waals surface area contributed by atoms with E-state index >= 15 is 0 Å². The Morgan fingerprint density at radius 2 is 2.00 bits per heavy atom. The first-order chi connectivity index (χ1) is 15.4. The second-order valence-electron chi connectivity index (χ2n) is 7.24. The molecule has 6 nitrogen and oxygen atoms in total. The number of hydrogen-bond donors (Lipinski definition) is 0. The Kier molecular flexibility index (Phi) is 6.64. The average Bonchev–Trinajstić information content (AvgIpc) is 3.04. The van der Waals surface area contributed by atoms with E-state index in [0.29, 0.717) is 32.2 Å². The number of pyridine rings is 1. The van der Waals surface area contributed by atoms with Crippen molar-refractivity contribution in [2.24, 2.45) is 0 Å². The fourth-order valence-corrected chi connectivity index (χ4v) is 4.73. The van der Waals surface area contributed by atoms with Crippen molar-refractivity contribution in [3.8, 4) is 11.6 Å². The highest BCUT2D eigenvalue weighted by molar-refractivity contribution is 8.26. The Bertz CT molecular complexity index is 1320. The van der Waals surface area contributed by atoms with E-state index in [1.54, 1.807) is 41.4 Å². The number of carbonyl (C=O) groups excluding carboxylic acids is 1. The minimum Gasteiger partial charge on any atom is -0.437 e. The number of carbonyl (C=O) groups is 1. The highest BCUT2D eigenvalue weighted by Gasteiger charge is 2.32. The van der Waals surface area contributed by atoms with Crippen molar-refractivity contribution >= 4 is 57.5 Å². The first-order valence-electron chi connectivity index (χ1n) is 10.1. The summed E-state index contributed by atoms with van der Waals surface area (Å²) < 4.78 is 7.90. The second kappa shape index (κ2) is 9.44. The van der Waals surface area contributed by atoms with Crippen LogP contribution in [-0.2, 0) is 4.79 Å². The molecule has 0 N–H and O–H groups in total. The molecule has 1 amide bonds. The van der Waals surface area contributed by atoms with E-state index in [0.717, 1.165) is 18.4 Å². The predicted molar refractivity (Wildman–Crippen MR) is 133 cm³/mol. The third kappa shape index (κ3) is 4.30. The van der Waals surface area contributed by atoms with Crippen LogP contribution in [0.5, 0.6) is 11.6 Å². The molecular formula is C23H20ClN3O3S2. The fourth-order valence-electron chi connectivity index (χ4n) is 3.27. The molecule has 164 valence electrons. The number of aromatic nitrogens is 2. The number of fused-ring (bicyclic) bond motifs is 1. The lowest BCUT2D eigenvalue weighted by Gasteiger charge is -2.13. The molecule has 2 aromatic heterocycles. The quantitative estimate of drug-likeness (QED) is 0.341. The van der Waals surface area contributed by atoms with Gasteiger partial charge in [0.05, 0.1) is 9.93 Å². The number of nitrogens with zero attached hydrogens (tertiary/aromatic N) is 3. The van der Waals surface area contributed by atoms with Crippen molar-refractivity contribution < 1.29 is 9.53 Å². The molecule has 1 aliphatic rings. The van der Waals surface area contributed by atoms with Gasteiger partial charge in [-0.1, -0.05) is 67.1 Å². The van der Waals surface area contributed by atoms with E-state index in [-0.39, 0.29) is 22.9 Å². The van der Waals surface area contributed by atoms with Gasteiger partial charge in [0.1, 0.15) is 21.3 Å². The normalized spacial score (nSPS) is 15.2. The van der Waals surface area contributed by atoms with Gasteiger partial charge in [-0.25, -0.2) is 0 Å². The standard InChI is InChI=1S/C23H20ClN3O3S2/c1-3-4-11-27-22(29)18(32-23(27)31)13-15-20(30-17-10-6-5-9-16(17)24)25-19-14(2)8-7-12-26(19)21(15)28/h5-10,12-13H,3-4,11H2,1-2H3/b18-13+. The van der Waals surface area contributed by atoms with Crippen LogP contribution in [0.4, 0.5) is 0 Å². The van der Waals surface area contributed by atoms with Crippen LogP contribution in [0.3, 0.4) is 0 Å². The van der Waals surface area contributed by atoms with Crippen molar-refractivity contribution in [1.29, 1.82) is 0 Å². The summed E-state index contributed by atoms with van der Waals surface area (Å²) >= 11 is 12.8. The summed E-state index contributed by atoms with van der Waals surface area (Å²) in [5.74, 6) is 0.228. The number of halogens is 1. The van der Waals surface area contributed by atoms with Crippen molar-refractivity contribution in [3.63, 3.8) is 0 Å². The van der Waals surface area contributed by atoms with E-state index < -0.39 is 0 Å². The number of unbranched alkanes of at least 4 members (excludes halogenated alkanes) is 1. The first-order valence-corrected chi connectivity index (χ1v) is 11.7. The van der Waals surface area contributed by atoms with Crippen LogP contribution in [0.1, 0.15) is 30.9 Å². The summed E-state index contributed by atoms with van der Waals surface area (Å²) in [6.45, 7) is 4.46. The minimum atomic E-state index is -0.348. The number of aryl methyl sites for hydroxylation is 1. The molecule has 3 heterocycles. The van der Waals surface area contributed by atoms with Crippen molar-refractivity contribution in [1.82, 2.24) is 14.3 Å². The SMILES string of the molecule is CCCCN1C(=O)/C(=C\c2c(Oc3ccccc3Cl)nc3c(C)cccn3c2=O)SC1=S. The van der Waals surface area contributed by atoms with Crippen LogP contribution in [0.15, 0.2) is 52.3 Å². The lowest BCUT2D eigenvalue weighted by Crippen LogP contribution is -2.29. The van der Waals surface area contributed by atoms with E-state index in [9.17, 15) is 9.59 Å². The number of para-hydroxylation sites is 1. The molecule has 0 radical (unpaired) electrons. The average molecular weight is 486 g/mol. The van der Waals surface area contributed by atoms with Gasteiger partial charge in [-0.2, -0.15) is 4.98 Å². The van der Waals surface area contributed by atoms with E-state index in [4.69, 9.17) is 28.6 Å². The summed E-state index contributed by atoms with van der Waals surface area (Å²) in [5.41, 5.74) is 1.09. The third-order valence-electron chi connectivity index (χ3n) is 4.98. The van der Waals surface area contributed by atoms with Gasteiger partial charge in [0.2, 0.25) is 5.88 Å². The zero-order valence-corrected chi connectivity index (χ0v) is 19.9. The maximum absolute atomic E-state index is 13.4.